The summed E-state index contributed by atoms with van der Waals surface area (Å²) in [6.45, 7) is 10.1. The van der Waals surface area contributed by atoms with Gasteiger partial charge in [0.15, 0.2) is 0 Å². The van der Waals surface area contributed by atoms with Crippen LogP contribution in [-0.2, 0) is 0 Å². The molecule has 2 unspecified atom stereocenters. The molecule has 1 aliphatic rings. The molecule has 0 aromatic heterocycles. The molecule has 2 nitrogen and oxygen atoms in total. The molecule has 86 valence electrons. The molecule has 2 atom stereocenters. The molecule has 0 spiro atoms. The minimum absolute atomic E-state index is 0.651. The molecule has 1 fully saturated rings. The summed E-state index contributed by atoms with van der Waals surface area (Å²) in [6.07, 6.45) is 7.42. The third kappa shape index (κ3) is 3.52. The van der Waals surface area contributed by atoms with Gasteiger partial charge in [-0.3, -0.25) is 4.90 Å². The van der Waals surface area contributed by atoms with Gasteiger partial charge in [0.1, 0.15) is 0 Å². The Morgan fingerprint density at radius 1 is 1.53 bits per heavy atom. The van der Waals surface area contributed by atoms with Crippen LogP contribution in [0.15, 0.2) is 0 Å². The van der Waals surface area contributed by atoms with Crippen molar-refractivity contribution in [2.24, 2.45) is 5.92 Å². The summed E-state index contributed by atoms with van der Waals surface area (Å²) in [7, 11) is 0. The minimum atomic E-state index is 0.651. The molecule has 0 amide bonds. The first-order valence-electron chi connectivity index (χ1n) is 6.09. The van der Waals surface area contributed by atoms with Gasteiger partial charge in [0.05, 0.1) is 0 Å². The van der Waals surface area contributed by atoms with Crippen LogP contribution in [0.5, 0.6) is 0 Å². The van der Waals surface area contributed by atoms with Crippen molar-refractivity contribution in [1.82, 2.24) is 10.2 Å². The summed E-state index contributed by atoms with van der Waals surface area (Å²) < 4.78 is 0. The highest BCUT2D eigenvalue weighted by Crippen LogP contribution is 2.16. The summed E-state index contributed by atoms with van der Waals surface area (Å²) in [4.78, 5) is 2.56. The molecular weight excluding hydrogens is 184 g/mol. The van der Waals surface area contributed by atoms with E-state index in [-0.39, 0.29) is 0 Å². The third-order valence-corrected chi connectivity index (χ3v) is 3.35. The Balaban J connectivity index is 2.53. The number of hydrogen-bond acceptors (Lipinski definition) is 2. The SMILES string of the molecule is C#CCCN1CC(CC)NCC1C(C)C. The first-order chi connectivity index (χ1) is 7.19. The van der Waals surface area contributed by atoms with Gasteiger partial charge in [-0.15, -0.1) is 12.3 Å². The van der Waals surface area contributed by atoms with Gasteiger partial charge in [-0.1, -0.05) is 20.8 Å². The number of hydrogen-bond donors (Lipinski definition) is 1. The predicted molar refractivity (Wildman–Crippen MR) is 65.7 cm³/mol. The monoisotopic (exact) mass is 208 g/mol. The topological polar surface area (TPSA) is 15.3 Å². The Morgan fingerprint density at radius 3 is 2.80 bits per heavy atom. The van der Waals surface area contributed by atoms with E-state index >= 15 is 0 Å². The second-order valence-electron chi connectivity index (χ2n) is 4.77. The summed E-state index contributed by atoms with van der Waals surface area (Å²) >= 11 is 0. The molecular formula is C13H24N2. The molecule has 1 rings (SSSR count). The summed E-state index contributed by atoms with van der Waals surface area (Å²) in [5, 5.41) is 3.61. The average molecular weight is 208 g/mol. The Kier molecular flexibility index (Phi) is 5.14. The first-order valence-corrected chi connectivity index (χ1v) is 6.09. The van der Waals surface area contributed by atoms with Crippen LogP contribution in [0, 0.1) is 18.3 Å². The number of rotatable bonds is 4. The predicted octanol–water partition coefficient (Wildman–Crippen LogP) is 1.72. The van der Waals surface area contributed by atoms with Crippen LogP contribution in [0.1, 0.15) is 33.6 Å². The van der Waals surface area contributed by atoms with E-state index in [1.807, 2.05) is 0 Å². The highest BCUT2D eigenvalue weighted by molar-refractivity contribution is 4.91. The minimum Gasteiger partial charge on any atom is -0.311 e. The van der Waals surface area contributed by atoms with E-state index in [9.17, 15) is 0 Å². The number of nitrogens with one attached hydrogen (secondary N) is 1. The first kappa shape index (κ1) is 12.5. The van der Waals surface area contributed by atoms with Crippen LogP contribution in [0.3, 0.4) is 0 Å². The van der Waals surface area contributed by atoms with Crippen molar-refractivity contribution in [2.45, 2.75) is 45.7 Å². The van der Waals surface area contributed by atoms with Crippen LogP contribution >= 0.6 is 0 Å². The normalized spacial score (nSPS) is 27.9. The van der Waals surface area contributed by atoms with Gasteiger partial charge in [-0.2, -0.15) is 0 Å². The second kappa shape index (κ2) is 6.15. The molecule has 1 aliphatic heterocycles. The van der Waals surface area contributed by atoms with E-state index in [0.29, 0.717) is 18.0 Å². The Labute approximate surface area is 94.4 Å². The quantitative estimate of drug-likeness (QED) is 0.708. The van der Waals surface area contributed by atoms with E-state index in [1.165, 1.54) is 6.42 Å². The number of nitrogens with zero attached hydrogens (tertiary/aromatic N) is 1. The van der Waals surface area contributed by atoms with Crippen LogP contribution in [0.2, 0.25) is 0 Å². The largest absolute Gasteiger partial charge is 0.311 e. The van der Waals surface area contributed by atoms with Gasteiger partial charge in [0, 0.05) is 38.1 Å². The molecule has 0 aromatic carbocycles. The van der Waals surface area contributed by atoms with E-state index in [2.05, 4.69) is 36.9 Å². The van der Waals surface area contributed by atoms with Gasteiger partial charge in [-0.25, -0.2) is 0 Å². The molecule has 1 saturated heterocycles. The lowest BCUT2D eigenvalue weighted by Crippen LogP contribution is -2.58. The van der Waals surface area contributed by atoms with Crippen molar-refractivity contribution in [3.05, 3.63) is 0 Å². The summed E-state index contributed by atoms with van der Waals surface area (Å²) in [5.74, 6) is 3.45. The molecule has 0 radical (unpaired) electrons. The van der Waals surface area contributed by atoms with Gasteiger partial charge in [0.25, 0.3) is 0 Å². The zero-order chi connectivity index (χ0) is 11.3. The fourth-order valence-electron chi connectivity index (χ4n) is 2.30. The van der Waals surface area contributed by atoms with Gasteiger partial charge in [0.2, 0.25) is 0 Å². The zero-order valence-corrected chi connectivity index (χ0v) is 10.3. The number of terminal acetylenes is 1. The fraction of sp³-hybridized carbons (Fsp3) is 0.846. The highest BCUT2D eigenvalue weighted by atomic mass is 15.2. The third-order valence-electron chi connectivity index (χ3n) is 3.35. The summed E-state index contributed by atoms with van der Waals surface area (Å²) in [6, 6.07) is 1.30. The lowest BCUT2D eigenvalue weighted by molar-refractivity contribution is 0.0998. The van der Waals surface area contributed by atoms with Crippen molar-refractivity contribution in [3.8, 4) is 12.3 Å². The zero-order valence-electron chi connectivity index (χ0n) is 10.3. The Bertz CT molecular complexity index is 217. The van der Waals surface area contributed by atoms with Crippen LogP contribution in [-0.4, -0.2) is 36.6 Å². The van der Waals surface area contributed by atoms with Crippen molar-refractivity contribution >= 4 is 0 Å². The lowest BCUT2D eigenvalue weighted by atomic mass is 9.97. The molecule has 1 heterocycles. The molecule has 15 heavy (non-hydrogen) atoms. The van der Waals surface area contributed by atoms with Crippen LogP contribution in [0.4, 0.5) is 0 Å². The van der Waals surface area contributed by atoms with Crippen molar-refractivity contribution in [2.75, 3.05) is 19.6 Å². The van der Waals surface area contributed by atoms with Gasteiger partial charge < -0.3 is 5.32 Å². The highest BCUT2D eigenvalue weighted by Gasteiger charge is 2.28. The van der Waals surface area contributed by atoms with Crippen molar-refractivity contribution < 1.29 is 0 Å². The van der Waals surface area contributed by atoms with E-state index < -0.39 is 0 Å². The van der Waals surface area contributed by atoms with E-state index in [1.54, 1.807) is 0 Å². The molecule has 0 aliphatic carbocycles. The van der Waals surface area contributed by atoms with Crippen LogP contribution in [0.25, 0.3) is 0 Å². The fourth-order valence-corrected chi connectivity index (χ4v) is 2.30. The molecule has 0 aromatic rings. The van der Waals surface area contributed by atoms with Gasteiger partial charge in [-0.05, 0) is 12.3 Å². The lowest BCUT2D eigenvalue weighted by Gasteiger charge is -2.42. The average Bonchev–Trinajstić information content (AvgIpc) is 2.25. The Hall–Kier alpha value is -0.520. The second-order valence-corrected chi connectivity index (χ2v) is 4.77. The van der Waals surface area contributed by atoms with E-state index in [4.69, 9.17) is 6.42 Å². The van der Waals surface area contributed by atoms with Crippen molar-refractivity contribution in [1.29, 1.82) is 0 Å². The van der Waals surface area contributed by atoms with Gasteiger partial charge >= 0.3 is 0 Å². The van der Waals surface area contributed by atoms with E-state index in [0.717, 1.165) is 26.1 Å². The van der Waals surface area contributed by atoms with Crippen molar-refractivity contribution in [3.63, 3.8) is 0 Å². The molecule has 0 saturated carbocycles. The maximum atomic E-state index is 5.34. The smallest absolute Gasteiger partial charge is 0.0244 e. The standard InChI is InChI=1S/C13H24N2/c1-5-7-8-15-10-12(6-2)14-9-13(15)11(3)4/h1,11-14H,6-10H2,2-4H3. The maximum absolute atomic E-state index is 5.34. The molecule has 1 N–H and O–H groups in total. The van der Waals surface area contributed by atoms with Crippen LogP contribution < -0.4 is 5.32 Å². The summed E-state index contributed by atoms with van der Waals surface area (Å²) in [5.41, 5.74) is 0. The number of piperazine rings is 1. The Morgan fingerprint density at radius 2 is 2.27 bits per heavy atom. The molecule has 0 bridgehead atoms. The molecule has 2 heteroatoms. The maximum Gasteiger partial charge on any atom is 0.0244 e.